The van der Waals surface area contributed by atoms with E-state index in [2.05, 4.69) is 66.3 Å². The number of nitrogens with zero attached hydrogens (tertiary/aromatic N) is 5. The van der Waals surface area contributed by atoms with Gasteiger partial charge in [0.2, 0.25) is 6.54 Å². The maximum Gasteiger partial charge on any atom is 0.351 e. The summed E-state index contributed by atoms with van der Waals surface area (Å²) in [6.45, 7) is 21.8. The molecule has 2 aromatic rings. The molecule has 220 valence electrons. The number of morpholine rings is 1. The molecule has 1 aromatic heterocycles. The van der Waals surface area contributed by atoms with Gasteiger partial charge in [0.15, 0.2) is 6.23 Å². The fourth-order valence-corrected chi connectivity index (χ4v) is 6.30. The van der Waals surface area contributed by atoms with Gasteiger partial charge in [-0.2, -0.15) is 4.98 Å². The normalized spacial score (nSPS) is 21.1. The minimum atomic E-state index is -1.49. The molecule has 10 nitrogen and oxygen atoms in total. The second kappa shape index (κ2) is 15.0. The Morgan fingerprint density at radius 1 is 1.23 bits per heavy atom. The first kappa shape index (κ1) is 30.6. The molecule has 0 radical (unpaired) electrons. The van der Waals surface area contributed by atoms with E-state index in [4.69, 9.17) is 21.7 Å². The van der Waals surface area contributed by atoms with E-state index < -0.39 is 26.0 Å². The van der Waals surface area contributed by atoms with Crippen LogP contribution in [0, 0.1) is 6.57 Å². The maximum atomic E-state index is 13.2. The highest BCUT2D eigenvalue weighted by molar-refractivity contribution is 7.44. The van der Waals surface area contributed by atoms with Crippen LogP contribution in [0.25, 0.3) is 4.85 Å². The number of hydrogen-bond donors (Lipinski definition) is 1. The smallest absolute Gasteiger partial charge is 0.351 e. The lowest BCUT2D eigenvalue weighted by atomic mass is 10.0. The van der Waals surface area contributed by atoms with Gasteiger partial charge in [0, 0.05) is 45.3 Å². The molecule has 0 spiro atoms. The zero-order valence-electron chi connectivity index (χ0n) is 25.6. The van der Waals surface area contributed by atoms with Gasteiger partial charge in [0.25, 0.3) is 8.53 Å². The third-order valence-corrected chi connectivity index (χ3v) is 8.60. The minimum Gasteiger partial charge on any atom is -0.366 e. The van der Waals surface area contributed by atoms with Gasteiger partial charge in [0.1, 0.15) is 18.0 Å². The van der Waals surface area contributed by atoms with E-state index in [0.29, 0.717) is 25.5 Å². The second-order valence-electron chi connectivity index (χ2n) is 10.9. The lowest BCUT2D eigenvalue weighted by Gasteiger charge is -2.46. The third-order valence-electron chi connectivity index (χ3n) is 6.54. The summed E-state index contributed by atoms with van der Waals surface area (Å²) >= 11 is 0. The summed E-state index contributed by atoms with van der Waals surface area (Å²) in [4.78, 5) is 23.0. The van der Waals surface area contributed by atoms with E-state index in [1.807, 2.05) is 30.3 Å². The largest absolute Gasteiger partial charge is 0.366 e. The molecule has 3 atom stereocenters. The van der Waals surface area contributed by atoms with Gasteiger partial charge in [-0.15, -0.1) is 0 Å². The van der Waals surface area contributed by atoms with Crippen molar-refractivity contribution in [1.82, 2.24) is 19.1 Å². The van der Waals surface area contributed by atoms with Gasteiger partial charge in [-0.3, -0.25) is 9.47 Å². The van der Waals surface area contributed by atoms with Crippen LogP contribution in [0.15, 0.2) is 47.4 Å². The van der Waals surface area contributed by atoms with Crippen LogP contribution < -0.4 is 11.0 Å². The van der Waals surface area contributed by atoms with Crippen molar-refractivity contribution in [1.29, 1.82) is 0 Å². The maximum absolute atomic E-state index is 13.2. The average Bonchev–Trinajstić information content (AvgIpc) is 2.94. The Kier molecular flexibility index (Phi) is 11.5. The molecule has 1 aliphatic rings. The van der Waals surface area contributed by atoms with Crippen molar-refractivity contribution >= 4 is 14.3 Å². The Balaban J connectivity index is 1.81. The van der Waals surface area contributed by atoms with Crippen molar-refractivity contribution in [2.45, 2.75) is 84.9 Å². The van der Waals surface area contributed by atoms with Crippen LogP contribution in [0.1, 0.15) is 61.6 Å². The molecule has 0 amide bonds. The number of rotatable bonds is 14. The van der Waals surface area contributed by atoms with Crippen LogP contribution >= 0.6 is 8.53 Å². The predicted molar refractivity (Wildman–Crippen MR) is 160 cm³/mol. The summed E-state index contributed by atoms with van der Waals surface area (Å²) in [5.41, 5.74) is -0.317. The molecule has 0 bridgehead atoms. The van der Waals surface area contributed by atoms with Crippen LogP contribution in [-0.2, 0) is 20.3 Å². The Hall–Kier alpha value is -2.38. The molecule has 1 unspecified atom stereocenters. The molecular weight excluding hydrogens is 527 g/mol. The van der Waals surface area contributed by atoms with Crippen LogP contribution in [0.4, 0.5) is 5.82 Å². The topological polar surface area (TPSA) is 85.5 Å². The zero-order valence-corrected chi connectivity index (χ0v) is 25.5. The van der Waals surface area contributed by atoms with E-state index in [9.17, 15) is 4.79 Å². The van der Waals surface area contributed by atoms with Gasteiger partial charge >= 0.3 is 5.69 Å². The fraction of sp³-hybridized carbons (Fsp3) is 0.621. The Bertz CT molecular complexity index is 1170. The molecule has 1 aliphatic heterocycles. The zero-order chi connectivity index (χ0) is 30.0. The molecule has 1 aromatic carbocycles. The van der Waals surface area contributed by atoms with Crippen molar-refractivity contribution < 1.29 is 15.2 Å². The van der Waals surface area contributed by atoms with Gasteiger partial charge in [0.05, 0.1) is 6.61 Å². The average molecular weight is 574 g/mol. The summed E-state index contributed by atoms with van der Waals surface area (Å²) in [6, 6.07) is 12.2. The van der Waals surface area contributed by atoms with Crippen molar-refractivity contribution in [2.75, 3.05) is 38.2 Å². The lowest BCUT2D eigenvalue weighted by Crippen LogP contribution is -2.57. The number of aromatic nitrogens is 2. The van der Waals surface area contributed by atoms with Crippen molar-refractivity contribution in [3.8, 4) is 0 Å². The predicted octanol–water partition coefficient (Wildman–Crippen LogP) is 5.15. The second-order valence-corrected chi connectivity index (χ2v) is 12.4. The standard InChI is InChI=1S/C29H45N6O4P/c1-22(2)33-19-27(34-16-14-26(32-28(34)36)31-18-25-12-10-9-11-13-25)39-29(7,20-33)21-38-40(37-17-15-30-8)35(23(3)4)24(5)6/h9-14,16,22-24,27H,15,17-21H2,1-7H3,(H,31,32,36)/t27-,29+,40?/m1/s1/i7D. The third kappa shape index (κ3) is 9.07. The van der Waals surface area contributed by atoms with E-state index in [1.165, 1.54) is 4.57 Å². The summed E-state index contributed by atoms with van der Waals surface area (Å²) in [5.74, 6) is 0.492. The van der Waals surface area contributed by atoms with Crippen molar-refractivity contribution in [2.24, 2.45) is 0 Å². The molecule has 11 heteroatoms. The molecule has 1 N–H and O–H groups in total. The van der Waals surface area contributed by atoms with Crippen LogP contribution in [0.5, 0.6) is 0 Å². The Labute approximate surface area is 241 Å². The SMILES string of the molecule is [2H]C[C@@]1(COP(OCC[N+]#[C-])N(C(C)C)C(C)C)CN(C(C)C)C[C@H](n2ccc(NCc3ccccc3)nc2=O)O1. The number of benzene rings is 1. The van der Waals surface area contributed by atoms with E-state index in [1.54, 1.807) is 12.3 Å². The monoisotopic (exact) mass is 573 g/mol. The summed E-state index contributed by atoms with van der Waals surface area (Å²) in [7, 11) is -1.49. The molecule has 1 fully saturated rings. The quantitative estimate of drug-likeness (QED) is 0.189. The molecule has 1 saturated heterocycles. The highest BCUT2D eigenvalue weighted by Crippen LogP contribution is 2.47. The summed E-state index contributed by atoms with van der Waals surface area (Å²) in [6.07, 6.45) is 1.07. The number of nitrogens with one attached hydrogen (secondary N) is 1. The first-order valence-corrected chi connectivity index (χ1v) is 15.0. The molecule has 0 aliphatic carbocycles. The van der Waals surface area contributed by atoms with Crippen LogP contribution in [-0.4, -0.2) is 75.7 Å². The van der Waals surface area contributed by atoms with Gasteiger partial charge in [-0.1, -0.05) is 30.3 Å². The highest BCUT2D eigenvalue weighted by Gasteiger charge is 2.41. The fourth-order valence-electron chi connectivity index (χ4n) is 4.62. The van der Waals surface area contributed by atoms with Crippen LogP contribution in [0.3, 0.4) is 0 Å². The minimum absolute atomic E-state index is 0.0554. The molecule has 3 rings (SSSR count). The van der Waals surface area contributed by atoms with Gasteiger partial charge in [-0.05, 0) is 60.1 Å². The molecule has 0 saturated carbocycles. The lowest BCUT2D eigenvalue weighted by molar-refractivity contribution is -0.193. The van der Waals surface area contributed by atoms with E-state index in [0.717, 1.165) is 5.56 Å². The number of ether oxygens (including phenoxy) is 1. The highest BCUT2D eigenvalue weighted by atomic mass is 31.2. The summed E-state index contributed by atoms with van der Waals surface area (Å²) in [5, 5.41) is 3.21. The van der Waals surface area contributed by atoms with E-state index >= 15 is 0 Å². The van der Waals surface area contributed by atoms with Crippen molar-refractivity contribution in [3.05, 3.63) is 70.1 Å². The van der Waals surface area contributed by atoms with E-state index in [-0.39, 0.29) is 44.8 Å². The van der Waals surface area contributed by atoms with Gasteiger partial charge in [-0.25, -0.2) is 16.0 Å². The number of anilines is 1. The first-order chi connectivity index (χ1) is 19.6. The van der Waals surface area contributed by atoms with Gasteiger partial charge < -0.3 is 23.9 Å². The Morgan fingerprint density at radius 2 is 1.95 bits per heavy atom. The van der Waals surface area contributed by atoms with Crippen molar-refractivity contribution in [3.63, 3.8) is 0 Å². The Morgan fingerprint density at radius 3 is 2.55 bits per heavy atom. The summed E-state index contributed by atoms with van der Waals surface area (Å²) < 4.78 is 31.2. The molecule has 2 heterocycles. The van der Waals surface area contributed by atoms with Crippen LogP contribution in [0.2, 0.25) is 0 Å². The number of hydrogen-bond acceptors (Lipinski definition) is 8. The molecular formula is C29H45N6O4P. The first-order valence-electron chi connectivity index (χ1n) is 14.6. The molecule has 40 heavy (non-hydrogen) atoms.